The maximum atomic E-state index is 11.7. The first-order valence-electron chi connectivity index (χ1n) is 4.78. The van der Waals surface area contributed by atoms with Crippen LogP contribution in [0.3, 0.4) is 0 Å². The van der Waals surface area contributed by atoms with Crippen molar-refractivity contribution < 1.29 is 4.79 Å². The fourth-order valence-corrected chi connectivity index (χ4v) is 1.71. The highest BCUT2D eigenvalue weighted by atomic mass is 35.5. The SMILES string of the molecule is C[C@@H]1CNC[C@H]1C(=O)Nc1ccn[nH]1.Cl. The maximum Gasteiger partial charge on any atom is 0.230 e. The molecule has 1 aliphatic heterocycles. The Morgan fingerprint density at radius 1 is 1.60 bits per heavy atom. The number of hydrogen-bond donors (Lipinski definition) is 3. The number of H-pyrrole nitrogens is 1. The van der Waals surface area contributed by atoms with E-state index in [4.69, 9.17) is 0 Å². The van der Waals surface area contributed by atoms with Gasteiger partial charge in [-0.25, -0.2) is 0 Å². The maximum absolute atomic E-state index is 11.7. The number of aromatic amines is 1. The average molecular weight is 231 g/mol. The first kappa shape index (κ1) is 12.0. The van der Waals surface area contributed by atoms with Crippen LogP contribution in [-0.2, 0) is 4.79 Å². The summed E-state index contributed by atoms with van der Waals surface area (Å²) in [6.45, 7) is 3.76. The van der Waals surface area contributed by atoms with Crippen LogP contribution >= 0.6 is 12.4 Å². The molecule has 1 aromatic heterocycles. The summed E-state index contributed by atoms with van der Waals surface area (Å²) < 4.78 is 0. The van der Waals surface area contributed by atoms with Gasteiger partial charge in [-0.1, -0.05) is 6.92 Å². The lowest BCUT2D eigenvalue weighted by atomic mass is 9.97. The van der Waals surface area contributed by atoms with Gasteiger partial charge < -0.3 is 10.6 Å². The molecule has 5 nitrogen and oxygen atoms in total. The molecule has 1 amide bonds. The van der Waals surface area contributed by atoms with E-state index in [1.807, 2.05) is 0 Å². The van der Waals surface area contributed by atoms with Gasteiger partial charge in [0.1, 0.15) is 5.82 Å². The van der Waals surface area contributed by atoms with Gasteiger partial charge in [-0.15, -0.1) is 12.4 Å². The third-order valence-electron chi connectivity index (χ3n) is 2.61. The summed E-state index contributed by atoms with van der Waals surface area (Å²) in [5, 5.41) is 12.5. The van der Waals surface area contributed by atoms with Crippen molar-refractivity contribution in [3.05, 3.63) is 12.3 Å². The second-order valence-corrected chi connectivity index (χ2v) is 3.70. The number of anilines is 1. The molecule has 6 heteroatoms. The third kappa shape index (κ3) is 2.70. The number of hydrogen-bond acceptors (Lipinski definition) is 3. The highest BCUT2D eigenvalue weighted by Crippen LogP contribution is 2.17. The Kier molecular flexibility index (Phi) is 4.11. The van der Waals surface area contributed by atoms with Crippen LogP contribution in [0.5, 0.6) is 0 Å². The summed E-state index contributed by atoms with van der Waals surface area (Å²) in [5.41, 5.74) is 0. The number of halogens is 1. The number of carbonyl (C=O) groups excluding carboxylic acids is 1. The van der Waals surface area contributed by atoms with Crippen LogP contribution in [-0.4, -0.2) is 29.2 Å². The molecule has 1 fully saturated rings. The van der Waals surface area contributed by atoms with E-state index < -0.39 is 0 Å². The highest BCUT2D eigenvalue weighted by Gasteiger charge is 2.29. The number of rotatable bonds is 2. The molecular weight excluding hydrogens is 216 g/mol. The topological polar surface area (TPSA) is 69.8 Å². The molecule has 0 aromatic carbocycles. The molecule has 1 saturated heterocycles. The van der Waals surface area contributed by atoms with Gasteiger partial charge in [-0.2, -0.15) is 5.10 Å². The van der Waals surface area contributed by atoms with E-state index in [0.29, 0.717) is 11.7 Å². The van der Waals surface area contributed by atoms with Gasteiger partial charge in [0, 0.05) is 12.6 Å². The fourth-order valence-electron chi connectivity index (χ4n) is 1.71. The zero-order valence-electron chi connectivity index (χ0n) is 8.49. The predicted molar refractivity (Wildman–Crippen MR) is 60.0 cm³/mol. The molecule has 1 aliphatic rings. The van der Waals surface area contributed by atoms with Gasteiger partial charge in [-0.05, 0) is 12.5 Å². The second-order valence-electron chi connectivity index (χ2n) is 3.70. The number of nitrogens with zero attached hydrogens (tertiary/aromatic N) is 1. The van der Waals surface area contributed by atoms with E-state index in [1.54, 1.807) is 12.3 Å². The van der Waals surface area contributed by atoms with E-state index in [1.165, 1.54) is 0 Å². The van der Waals surface area contributed by atoms with Crippen molar-refractivity contribution in [1.29, 1.82) is 0 Å². The Morgan fingerprint density at radius 3 is 2.93 bits per heavy atom. The molecule has 1 aromatic rings. The number of amides is 1. The van der Waals surface area contributed by atoms with Gasteiger partial charge in [-0.3, -0.25) is 9.89 Å². The molecule has 15 heavy (non-hydrogen) atoms. The van der Waals surface area contributed by atoms with Crippen molar-refractivity contribution >= 4 is 24.1 Å². The van der Waals surface area contributed by atoms with Crippen molar-refractivity contribution in [2.75, 3.05) is 18.4 Å². The van der Waals surface area contributed by atoms with Crippen LogP contribution in [0, 0.1) is 11.8 Å². The van der Waals surface area contributed by atoms with E-state index in [9.17, 15) is 4.79 Å². The molecule has 0 unspecified atom stereocenters. The van der Waals surface area contributed by atoms with Crippen molar-refractivity contribution in [3.8, 4) is 0 Å². The first-order chi connectivity index (χ1) is 6.77. The van der Waals surface area contributed by atoms with Gasteiger partial charge in [0.25, 0.3) is 0 Å². The van der Waals surface area contributed by atoms with Crippen LogP contribution in [0.4, 0.5) is 5.82 Å². The molecule has 2 rings (SSSR count). The summed E-state index contributed by atoms with van der Waals surface area (Å²) in [4.78, 5) is 11.7. The van der Waals surface area contributed by atoms with Crippen molar-refractivity contribution in [2.24, 2.45) is 11.8 Å². The molecule has 0 aliphatic carbocycles. The predicted octanol–water partition coefficient (Wildman–Crippen LogP) is 0.625. The second kappa shape index (κ2) is 5.14. The quantitative estimate of drug-likeness (QED) is 0.698. The monoisotopic (exact) mass is 230 g/mol. The fraction of sp³-hybridized carbons (Fsp3) is 0.556. The van der Waals surface area contributed by atoms with Crippen molar-refractivity contribution in [3.63, 3.8) is 0 Å². The minimum absolute atomic E-state index is 0. The van der Waals surface area contributed by atoms with Crippen molar-refractivity contribution in [1.82, 2.24) is 15.5 Å². The molecule has 0 saturated carbocycles. The Labute approximate surface area is 94.4 Å². The molecule has 2 heterocycles. The summed E-state index contributed by atoms with van der Waals surface area (Å²) in [6.07, 6.45) is 1.62. The molecular formula is C9H15ClN4O. The van der Waals surface area contributed by atoms with E-state index in [2.05, 4.69) is 27.8 Å². The van der Waals surface area contributed by atoms with Gasteiger partial charge >= 0.3 is 0 Å². The number of nitrogens with one attached hydrogen (secondary N) is 3. The first-order valence-corrected chi connectivity index (χ1v) is 4.78. The Balaban J connectivity index is 0.00000112. The number of aromatic nitrogens is 2. The molecule has 0 radical (unpaired) electrons. The highest BCUT2D eigenvalue weighted by molar-refractivity contribution is 5.92. The average Bonchev–Trinajstić information content (AvgIpc) is 2.75. The lowest BCUT2D eigenvalue weighted by molar-refractivity contribution is -0.120. The summed E-state index contributed by atoms with van der Waals surface area (Å²) in [7, 11) is 0. The third-order valence-corrected chi connectivity index (χ3v) is 2.61. The van der Waals surface area contributed by atoms with Crippen LogP contribution in [0.1, 0.15) is 6.92 Å². The minimum Gasteiger partial charge on any atom is -0.316 e. The molecule has 0 bridgehead atoms. The van der Waals surface area contributed by atoms with Gasteiger partial charge in [0.05, 0.1) is 12.1 Å². The van der Waals surface area contributed by atoms with Crippen LogP contribution in [0.15, 0.2) is 12.3 Å². The lowest BCUT2D eigenvalue weighted by Crippen LogP contribution is -2.27. The minimum atomic E-state index is 0. The van der Waals surface area contributed by atoms with Crippen LogP contribution in [0.2, 0.25) is 0 Å². The summed E-state index contributed by atoms with van der Waals surface area (Å²) in [5.74, 6) is 1.19. The largest absolute Gasteiger partial charge is 0.316 e. The zero-order valence-corrected chi connectivity index (χ0v) is 9.30. The van der Waals surface area contributed by atoms with Gasteiger partial charge in [0.15, 0.2) is 0 Å². The smallest absolute Gasteiger partial charge is 0.230 e. The Hall–Kier alpha value is -1.07. The number of carbonyl (C=O) groups is 1. The zero-order chi connectivity index (χ0) is 9.97. The Morgan fingerprint density at radius 2 is 2.40 bits per heavy atom. The Bertz CT molecular complexity index is 314. The molecule has 84 valence electrons. The molecule has 2 atom stereocenters. The lowest BCUT2D eigenvalue weighted by Gasteiger charge is -2.12. The van der Waals surface area contributed by atoms with E-state index in [-0.39, 0.29) is 24.2 Å². The standard InChI is InChI=1S/C9H14N4O.ClH/c1-6-4-10-5-7(6)9(14)12-8-2-3-11-13-8;/h2-3,6-7,10H,4-5H2,1H3,(H2,11,12,13,14);1H/t6-,7-;/m1./s1. The van der Waals surface area contributed by atoms with Crippen molar-refractivity contribution in [2.45, 2.75) is 6.92 Å². The van der Waals surface area contributed by atoms with Crippen LogP contribution < -0.4 is 10.6 Å². The molecule has 3 N–H and O–H groups in total. The summed E-state index contributed by atoms with van der Waals surface area (Å²) >= 11 is 0. The summed E-state index contributed by atoms with van der Waals surface area (Å²) in [6, 6.07) is 1.74. The van der Waals surface area contributed by atoms with E-state index >= 15 is 0 Å². The van der Waals surface area contributed by atoms with E-state index in [0.717, 1.165) is 13.1 Å². The van der Waals surface area contributed by atoms with Crippen LogP contribution in [0.25, 0.3) is 0 Å². The molecule has 0 spiro atoms. The van der Waals surface area contributed by atoms with Gasteiger partial charge in [0.2, 0.25) is 5.91 Å². The normalized spacial score (nSPS) is 24.6.